The summed E-state index contributed by atoms with van der Waals surface area (Å²) in [5, 5.41) is 6.68. The van der Waals surface area contributed by atoms with E-state index in [9.17, 15) is 14.4 Å². The number of nitrogens with one attached hydrogen (secondary N) is 2. The van der Waals surface area contributed by atoms with E-state index in [-0.39, 0.29) is 21.5 Å². The molecule has 0 saturated heterocycles. The SMILES string of the molecule is COc1cc(/C(C)=N/NC(=O)C(=O)Nc2cccc(Cl)c2Cl)ccc1OC(=O)c1ccccc1C. The second-order valence-corrected chi connectivity index (χ2v) is 8.05. The van der Waals surface area contributed by atoms with E-state index in [0.29, 0.717) is 22.6 Å². The number of carbonyl (C=O) groups excluding carboxylic acids is 3. The number of anilines is 1. The van der Waals surface area contributed by atoms with E-state index in [1.54, 1.807) is 49.4 Å². The normalized spacial score (nSPS) is 10.9. The molecule has 0 aliphatic heterocycles. The first kappa shape index (κ1) is 25.7. The third-order valence-electron chi connectivity index (χ3n) is 4.88. The number of hydrogen-bond donors (Lipinski definition) is 2. The molecule has 3 aromatic rings. The molecule has 0 unspecified atom stereocenters. The summed E-state index contributed by atoms with van der Waals surface area (Å²) in [4.78, 5) is 36.8. The van der Waals surface area contributed by atoms with Gasteiger partial charge in [-0.1, -0.05) is 47.5 Å². The number of benzene rings is 3. The highest BCUT2D eigenvalue weighted by atomic mass is 35.5. The highest BCUT2D eigenvalue weighted by Gasteiger charge is 2.17. The Morgan fingerprint density at radius 2 is 1.66 bits per heavy atom. The zero-order valence-corrected chi connectivity index (χ0v) is 20.5. The zero-order chi connectivity index (χ0) is 25.5. The fourth-order valence-corrected chi connectivity index (χ4v) is 3.31. The van der Waals surface area contributed by atoms with Gasteiger partial charge < -0.3 is 14.8 Å². The maximum Gasteiger partial charge on any atom is 0.343 e. The third-order valence-corrected chi connectivity index (χ3v) is 5.70. The van der Waals surface area contributed by atoms with Crippen LogP contribution in [0.15, 0.2) is 65.8 Å². The Hall–Kier alpha value is -3.88. The van der Waals surface area contributed by atoms with Crippen LogP contribution >= 0.6 is 23.2 Å². The number of hydrogen-bond acceptors (Lipinski definition) is 6. The summed E-state index contributed by atoms with van der Waals surface area (Å²) in [6.45, 7) is 3.44. The number of nitrogens with zero attached hydrogens (tertiary/aromatic N) is 1. The van der Waals surface area contributed by atoms with Gasteiger partial charge in [0.25, 0.3) is 0 Å². The quantitative estimate of drug-likeness (QED) is 0.158. The van der Waals surface area contributed by atoms with Crippen molar-refractivity contribution >= 4 is 52.4 Å². The van der Waals surface area contributed by atoms with Gasteiger partial charge in [-0.15, -0.1) is 0 Å². The monoisotopic (exact) mass is 513 g/mol. The zero-order valence-electron chi connectivity index (χ0n) is 19.0. The van der Waals surface area contributed by atoms with Crippen molar-refractivity contribution in [3.05, 3.63) is 87.4 Å². The lowest BCUT2D eigenvalue weighted by Gasteiger charge is -2.12. The number of hydrazone groups is 1. The van der Waals surface area contributed by atoms with E-state index in [1.165, 1.54) is 13.2 Å². The van der Waals surface area contributed by atoms with Gasteiger partial charge in [0.05, 0.1) is 34.1 Å². The molecule has 0 spiro atoms. The Morgan fingerprint density at radius 1 is 0.914 bits per heavy atom. The van der Waals surface area contributed by atoms with Crippen LogP contribution < -0.4 is 20.2 Å². The van der Waals surface area contributed by atoms with Gasteiger partial charge in [0.2, 0.25) is 0 Å². The molecule has 0 aliphatic carbocycles. The Bertz CT molecular complexity index is 1320. The van der Waals surface area contributed by atoms with Gasteiger partial charge in [-0.2, -0.15) is 5.10 Å². The molecule has 0 saturated carbocycles. The predicted molar refractivity (Wildman–Crippen MR) is 135 cm³/mol. The van der Waals surface area contributed by atoms with Crippen molar-refractivity contribution in [3.8, 4) is 11.5 Å². The number of aryl methyl sites for hydroxylation is 1. The molecule has 8 nitrogen and oxygen atoms in total. The minimum absolute atomic E-state index is 0.116. The van der Waals surface area contributed by atoms with Crippen molar-refractivity contribution in [1.82, 2.24) is 5.43 Å². The second-order valence-electron chi connectivity index (χ2n) is 7.26. The van der Waals surface area contributed by atoms with Crippen molar-refractivity contribution in [2.45, 2.75) is 13.8 Å². The fraction of sp³-hybridized carbons (Fsp3) is 0.120. The number of halogens is 2. The lowest BCUT2D eigenvalue weighted by atomic mass is 10.1. The van der Waals surface area contributed by atoms with Crippen LogP contribution in [-0.2, 0) is 9.59 Å². The first-order chi connectivity index (χ1) is 16.7. The summed E-state index contributed by atoms with van der Waals surface area (Å²) in [6.07, 6.45) is 0. The molecule has 180 valence electrons. The van der Waals surface area contributed by atoms with Crippen LogP contribution in [0, 0.1) is 6.92 Å². The van der Waals surface area contributed by atoms with Gasteiger partial charge in [-0.05, 0) is 55.8 Å². The maximum atomic E-state index is 12.5. The van der Waals surface area contributed by atoms with E-state index in [0.717, 1.165) is 5.56 Å². The highest BCUT2D eigenvalue weighted by molar-refractivity contribution is 6.45. The molecule has 2 N–H and O–H groups in total. The van der Waals surface area contributed by atoms with Crippen molar-refractivity contribution in [2.24, 2.45) is 5.10 Å². The lowest BCUT2D eigenvalue weighted by molar-refractivity contribution is -0.136. The summed E-state index contributed by atoms with van der Waals surface area (Å²) < 4.78 is 10.8. The number of carbonyl (C=O) groups is 3. The second kappa shape index (κ2) is 11.5. The number of rotatable bonds is 6. The summed E-state index contributed by atoms with van der Waals surface area (Å²) in [7, 11) is 1.43. The topological polar surface area (TPSA) is 106 Å². The van der Waals surface area contributed by atoms with Crippen molar-refractivity contribution in [1.29, 1.82) is 0 Å². The molecule has 0 fully saturated rings. The number of amides is 2. The van der Waals surface area contributed by atoms with E-state index in [2.05, 4.69) is 15.8 Å². The summed E-state index contributed by atoms with van der Waals surface area (Å²) in [5.41, 5.74) is 4.55. The van der Waals surface area contributed by atoms with Crippen LogP contribution in [0.5, 0.6) is 11.5 Å². The van der Waals surface area contributed by atoms with Gasteiger partial charge in [0.15, 0.2) is 11.5 Å². The minimum atomic E-state index is -1.00. The molecule has 2 amide bonds. The Labute approximate surface area is 211 Å². The molecule has 3 rings (SSSR count). The van der Waals surface area contributed by atoms with Crippen LogP contribution in [0.1, 0.15) is 28.4 Å². The van der Waals surface area contributed by atoms with E-state index in [1.807, 2.05) is 19.1 Å². The molecule has 0 heterocycles. The molecule has 0 atom stereocenters. The molecule has 0 aromatic heterocycles. The molecular formula is C25H21Cl2N3O5. The number of ether oxygens (including phenoxy) is 2. The van der Waals surface area contributed by atoms with Gasteiger partial charge in [-0.3, -0.25) is 9.59 Å². The van der Waals surface area contributed by atoms with Crippen molar-refractivity contribution < 1.29 is 23.9 Å². The Kier molecular flexibility index (Phi) is 8.46. The molecule has 0 aliphatic rings. The number of esters is 1. The lowest BCUT2D eigenvalue weighted by Crippen LogP contribution is -2.33. The number of methoxy groups -OCH3 is 1. The first-order valence-corrected chi connectivity index (χ1v) is 11.0. The predicted octanol–water partition coefficient (Wildman–Crippen LogP) is 5.01. The van der Waals surface area contributed by atoms with Crippen LogP contribution in [0.2, 0.25) is 10.0 Å². The van der Waals surface area contributed by atoms with Gasteiger partial charge in [-0.25, -0.2) is 10.2 Å². The summed E-state index contributed by atoms with van der Waals surface area (Å²) in [6, 6.07) is 16.5. The average Bonchev–Trinajstić information content (AvgIpc) is 2.85. The molecule has 35 heavy (non-hydrogen) atoms. The largest absolute Gasteiger partial charge is 0.493 e. The highest BCUT2D eigenvalue weighted by Crippen LogP contribution is 2.30. The Morgan fingerprint density at radius 3 is 2.37 bits per heavy atom. The fourth-order valence-electron chi connectivity index (χ4n) is 2.96. The average molecular weight is 514 g/mol. The van der Waals surface area contributed by atoms with Crippen LogP contribution in [0.25, 0.3) is 0 Å². The van der Waals surface area contributed by atoms with Crippen molar-refractivity contribution in [3.63, 3.8) is 0 Å². The first-order valence-electron chi connectivity index (χ1n) is 10.3. The van der Waals surface area contributed by atoms with E-state index < -0.39 is 17.8 Å². The van der Waals surface area contributed by atoms with Crippen LogP contribution in [0.3, 0.4) is 0 Å². The molecule has 0 bridgehead atoms. The van der Waals surface area contributed by atoms with Crippen molar-refractivity contribution in [2.75, 3.05) is 12.4 Å². The Balaban J connectivity index is 1.69. The molecular weight excluding hydrogens is 493 g/mol. The van der Waals surface area contributed by atoms with E-state index >= 15 is 0 Å². The standard InChI is InChI=1S/C25H21Cl2N3O5/c1-14-7-4-5-8-17(14)25(33)35-20-12-11-16(13-21(20)34-3)15(2)29-30-24(32)23(31)28-19-10-6-9-18(26)22(19)27/h4-13H,1-3H3,(H,28,31)(H,30,32)/b29-15+. The van der Waals surface area contributed by atoms with E-state index in [4.69, 9.17) is 32.7 Å². The van der Waals surface area contributed by atoms with Gasteiger partial charge >= 0.3 is 17.8 Å². The summed E-state index contributed by atoms with van der Waals surface area (Å²) in [5.74, 6) is -1.98. The van der Waals surface area contributed by atoms with Gasteiger partial charge in [0, 0.05) is 5.56 Å². The van der Waals surface area contributed by atoms with Crippen LogP contribution in [-0.4, -0.2) is 30.6 Å². The summed E-state index contributed by atoms with van der Waals surface area (Å²) >= 11 is 11.9. The molecule has 3 aromatic carbocycles. The smallest absolute Gasteiger partial charge is 0.343 e. The third kappa shape index (κ3) is 6.38. The molecule has 10 heteroatoms. The molecule has 0 radical (unpaired) electrons. The maximum absolute atomic E-state index is 12.5. The van der Waals surface area contributed by atoms with Gasteiger partial charge in [0.1, 0.15) is 0 Å². The van der Waals surface area contributed by atoms with Crippen LogP contribution in [0.4, 0.5) is 5.69 Å². The minimum Gasteiger partial charge on any atom is -0.493 e.